The number of methoxy groups -OCH3 is 1. The van der Waals surface area contributed by atoms with Crippen molar-refractivity contribution in [1.82, 2.24) is 15.1 Å². The van der Waals surface area contributed by atoms with Crippen LogP contribution in [0.25, 0.3) is 0 Å². The standard InChI is InChI=1S/C20H21N5O3S2/c1-25(2)18(27)13-7-9-14(10-8-13)21-17(26)12-29-20-24-23-19(30-20)22-15-5-4-6-16(11-15)28-3/h4-11H,12H2,1-3H3,(H,21,26)(H,22,23). The van der Waals surface area contributed by atoms with Gasteiger partial charge in [0.1, 0.15) is 5.75 Å². The number of rotatable bonds is 8. The highest BCUT2D eigenvalue weighted by Crippen LogP contribution is 2.28. The van der Waals surface area contributed by atoms with Gasteiger partial charge in [-0.05, 0) is 36.4 Å². The van der Waals surface area contributed by atoms with Crippen LogP contribution in [0.2, 0.25) is 0 Å². The van der Waals surface area contributed by atoms with Crippen LogP contribution < -0.4 is 15.4 Å². The van der Waals surface area contributed by atoms with Gasteiger partial charge in [0.2, 0.25) is 11.0 Å². The first-order valence-electron chi connectivity index (χ1n) is 8.93. The summed E-state index contributed by atoms with van der Waals surface area (Å²) in [6, 6.07) is 14.3. The minimum atomic E-state index is -0.163. The van der Waals surface area contributed by atoms with Crippen LogP contribution in [-0.4, -0.2) is 53.9 Å². The van der Waals surface area contributed by atoms with Gasteiger partial charge in [0.15, 0.2) is 4.34 Å². The third-order valence-corrected chi connectivity index (χ3v) is 5.85. The summed E-state index contributed by atoms with van der Waals surface area (Å²) in [4.78, 5) is 25.6. The molecule has 0 saturated carbocycles. The lowest BCUT2D eigenvalue weighted by atomic mass is 10.2. The van der Waals surface area contributed by atoms with Gasteiger partial charge < -0.3 is 20.3 Å². The first-order chi connectivity index (χ1) is 14.4. The SMILES string of the molecule is COc1cccc(Nc2nnc(SCC(=O)Nc3ccc(C(=O)N(C)C)cc3)s2)c1. The number of thioether (sulfide) groups is 1. The first kappa shape index (κ1) is 21.6. The minimum Gasteiger partial charge on any atom is -0.497 e. The lowest BCUT2D eigenvalue weighted by Gasteiger charge is -2.10. The summed E-state index contributed by atoms with van der Waals surface area (Å²) in [5.41, 5.74) is 2.04. The summed E-state index contributed by atoms with van der Waals surface area (Å²) in [5, 5.41) is 14.8. The lowest BCUT2D eigenvalue weighted by Crippen LogP contribution is -2.21. The Bertz CT molecular complexity index is 1020. The van der Waals surface area contributed by atoms with Crippen molar-refractivity contribution in [2.24, 2.45) is 0 Å². The van der Waals surface area contributed by atoms with E-state index in [2.05, 4.69) is 20.8 Å². The summed E-state index contributed by atoms with van der Waals surface area (Å²) in [6.07, 6.45) is 0. The molecule has 10 heteroatoms. The highest BCUT2D eigenvalue weighted by atomic mass is 32.2. The summed E-state index contributed by atoms with van der Waals surface area (Å²) in [5.74, 6) is 0.698. The Hall–Kier alpha value is -3.11. The smallest absolute Gasteiger partial charge is 0.253 e. The molecule has 0 atom stereocenters. The Kier molecular flexibility index (Phi) is 7.26. The molecule has 0 fully saturated rings. The van der Waals surface area contributed by atoms with Crippen LogP contribution in [0.4, 0.5) is 16.5 Å². The van der Waals surface area contributed by atoms with Gasteiger partial charge in [-0.3, -0.25) is 9.59 Å². The molecule has 0 aliphatic rings. The molecule has 0 spiro atoms. The van der Waals surface area contributed by atoms with Crippen molar-refractivity contribution in [3.8, 4) is 5.75 Å². The van der Waals surface area contributed by atoms with E-state index in [0.717, 1.165) is 11.4 Å². The quantitative estimate of drug-likeness (QED) is 0.512. The molecule has 1 aromatic heterocycles. The number of nitrogens with zero attached hydrogens (tertiary/aromatic N) is 3. The molecule has 0 saturated heterocycles. The minimum absolute atomic E-state index is 0.0851. The molecule has 1 heterocycles. The maximum absolute atomic E-state index is 12.2. The average Bonchev–Trinajstić information content (AvgIpc) is 3.19. The molecule has 2 amide bonds. The normalized spacial score (nSPS) is 10.4. The molecular formula is C20H21N5O3S2. The Morgan fingerprint density at radius 1 is 1.10 bits per heavy atom. The molecule has 2 N–H and O–H groups in total. The van der Waals surface area contributed by atoms with Gasteiger partial charge in [-0.15, -0.1) is 10.2 Å². The van der Waals surface area contributed by atoms with Gasteiger partial charge in [-0.1, -0.05) is 29.2 Å². The Labute approximate surface area is 182 Å². The largest absolute Gasteiger partial charge is 0.497 e. The molecule has 2 aromatic carbocycles. The molecule has 0 aliphatic heterocycles. The number of carbonyl (C=O) groups is 2. The second-order valence-corrected chi connectivity index (χ2v) is 8.54. The van der Waals surface area contributed by atoms with E-state index in [1.807, 2.05) is 24.3 Å². The number of amides is 2. The van der Waals surface area contributed by atoms with Crippen molar-refractivity contribution < 1.29 is 14.3 Å². The Morgan fingerprint density at radius 2 is 1.87 bits per heavy atom. The fraction of sp³-hybridized carbons (Fsp3) is 0.200. The first-order valence-corrected chi connectivity index (χ1v) is 10.7. The van der Waals surface area contributed by atoms with Crippen LogP contribution in [0.15, 0.2) is 52.9 Å². The van der Waals surface area contributed by atoms with E-state index in [0.29, 0.717) is 20.7 Å². The van der Waals surface area contributed by atoms with Crippen molar-refractivity contribution in [2.75, 3.05) is 37.6 Å². The van der Waals surface area contributed by atoms with Gasteiger partial charge in [0, 0.05) is 37.1 Å². The highest BCUT2D eigenvalue weighted by Gasteiger charge is 2.11. The molecule has 30 heavy (non-hydrogen) atoms. The number of hydrogen-bond donors (Lipinski definition) is 2. The van der Waals surface area contributed by atoms with E-state index >= 15 is 0 Å². The fourth-order valence-electron chi connectivity index (χ4n) is 2.42. The zero-order chi connectivity index (χ0) is 21.5. The summed E-state index contributed by atoms with van der Waals surface area (Å²) in [6.45, 7) is 0. The maximum atomic E-state index is 12.2. The summed E-state index contributed by atoms with van der Waals surface area (Å²) >= 11 is 2.67. The van der Waals surface area contributed by atoms with E-state index in [-0.39, 0.29) is 17.6 Å². The predicted molar refractivity (Wildman–Crippen MR) is 120 cm³/mol. The molecule has 0 aliphatic carbocycles. The second kappa shape index (κ2) is 10.1. The summed E-state index contributed by atoms with van der Waals surface area (Å²) in [7, 11) is 5.00. The zero-order valence-corrected chi connectivity index (χ0v) is 18.3. The second-order valence-electron chi connectivity index (χ2n) is 6.34. The fourth-order valence-corrected chi connectivity index (χ4v) is 3.99. The third-order valence-electron chi connectivity index (χ3n) is 3.88. The van der Waals surface area contributed by atoms with Crippen LogP contribution in [0.5, 0.6) is 5.75 Å². The van der Waals surface area contributed by atoms with Crippen LogP contribution in [0.3, 0.4) is 0 Å². The van der Waals surface area contributed by atoms with Crippen LogP contribution >= 0.6 is 23.1 Å². The monoisotopic (exact) mass is 443 g/mol. The van der Waals surface area contributed by atoms with Crippen LogP contribution in [0.1, 0.15) is 10.4 Å². The molecule has 0 bridgehead atoms. The number of benzene rings is 2. The molecule has 0 unspecified atom stereocenters. The van der Waals surface area contributed by atoms with E-state index in [4.69, 9.17) is 4.74 Å². The topological polar surface area (TPSA) is 96.5 Å². The van der Waals surface area contributed by atoms with Gasteiger partial charge in [0.05, 0.1) is 12.9 Å². The molecular weight excluding hydrogens is 422 g/mol. The number of hydrogen-bond acceptors (Lipinski definition) is 8. The van der Waals surface area contributed by atoms with Crippen molar-refractivity contribution in [3.05, 3.63) is 54.1 Å². The zero-order valence-electron chi connectivity index (χ0n) is 16.7. The van der Waals surface area contributed by atoms with Gasteiger partial charge in [0.25, 0.3) is 5.91 Å². The molecule has 156 valence electrons. The van der Waals surface area contributed by atoms with Crippen LogP contribution in [-0.2, 0) is 4.79 Å². The van der Waals surface area contributed by atoms with Crippen molar-refractivity contribution >= 4 is 51.4 Å². The van der Waals surface area contributed by atoms with E-state index in [9.17, 15) is 9.59 Å². The van der Waals surface area contributed by atoms with Crippen molar-refractivity contribution in [2.45, 2.75) is 4.34 Å². The Morgan fingerprint density at radius 3 is 2.57 bits per heavy atom. The molecule has 8 nitrogen and oxygen atoms in total. The van der Waals surface area contributed by atoms with Crippen molar-refractivity contribution in [1.29, 1.82) is 0 Å². The number of ether oxygens (including phenoxy) is 1. The lowest BCUT2D eigenvalue weighted by molar-refractivity contribution is -0.113. The molecule has 3 aromatic rings. The Balaban J connectivity index is 1.50. The van der Waals surface area contributed by atoms with E-state index in [1.165, 1.54) is 28.0 Å². The van der Waals surface area contributed by atoms with Crippen LogP contribution in [0, 0.1) is 0 Å². The summed E-state index contributed by atoms with van der Waals surface area (Å²) < 4.78 is 5.88. The van der Waals surface area contributed by atoms with Gasteiger partial charge >= 0.3 is 0 Å². The maximum Gasteiger partial charge on any atom is 0.253 e. The van der Waals surface area contributed by atoms with Gasteiger partial charge in [-0.25, -0.2) is 0 Å². The number of aromatic nitrogens is 2. The van der Waals surface area contributed by atoms with Crippen molar-refractivity contribution in [3.63, 3.8) is 0 Å². The number of carbonyl (C=O) groups excluding carboxylic acids is 2. The van der Waals surface area contributed by atoms with Gasteiger partial charge in [-0.2, -0.15) is 0 Å². The number of nitrogens with one attached hydrogen (secondary N) is 2. The van der Waals surface area contributed by atoms with E-state index < -0.39 is 0 Å². The third kappa shape index (κ3) is 5.94. The highest BCUT2D eigenvalue weighted by molar-refractivity contribution is 8.01. The predicted octanol–water partition coefficient (Wildman–Crippen LogP) is 3.72. The number of anilines is 3. The molecule has 3 rings (SSSR count). The average molecular weight is 444 g/mol. The molecule has 0 radical (unpaired) electrons. The van der Waals surface area contributed by atoms with E-state index in [1.54, 1.807) is 45.5 Å².